The van der Waals surface area contributed by atoms with Crippen LogP contribution in [0.15, 0.2) is 65.6 Å². The number of amides is 1. The average molecular weight is 576 g/mol. The molecule has 1 aliphatic rings. The Balaban J connectivity index is 1.53. The van der Waals surface area contributed by atoms with Gasteiger partial charge in [0.15, 0.2) is 40.5 Å². The zero-order chi connectivity index (χ0) is 29.6. The number of carbonyl (C=O) groups excluding carboxylic acids is 1. The van der Waals surface area contributed by atoms with Gasteiger partial charge in [-0.1, -0.05) is 19.3 Å². The molecule has 0 spiro atoms. The number of anilines is 3. The molecule has 0 saturated heterocycles. The Kier molecular flexibility index (Phi) is 9.00. The molecule has 14 heteroatoms. The number of nitrogen functional groups attached to an aromatic ring is 1. The molecule has 9 nitrogen and oxygen atoms in total. The largest absolute Gasteiger partial charge is 0.452 e. The van der Waals surface area contributed by atoms with E-state index < -0.39 is 40.8 Å². The first-order valence-electron chi connectivity index (χ1n) is 12.5. The number of pyridine rings is 2. The zero-order valence-corrected chi connectivity index (χ0v) is 21.5. The quantitative estimate of drug-likeness (QED) is 0.147. The van der Waals surface area contributed by atoms with Gasteiger partial charge in [0.1, 0.15) is 5.69 Å². The Morgan fingerprint density at radius 3 is 2.44 bits per heavy atom. The molecule has 3 aromatic rings. The van der Waals surface area contributed by atoms with Crippen LogP contribution < -0.4 is 26.8 Å². The number of hydrogen-bond acceptors (Lipinski definition) is 8. The third-order valence-electron chi connectivity index (χ3n) is 6.20. The molecule has 1 fully saturated rings. The number of aliphatic imine (C=N–C) groups is 1. The Bertz CT molecular complexity index is 1470. The third-order valence-corrected chi connectivity index (χ3v) is 6.20. The maximum atomic E-state index is 15.0. The molecule has 0 atom stereocenters. The van der Waals surface area contributed by atoms with Crippen LogP contribution in [0.25, 0.3) is 0 Å². The summed E-state index contributed by atoms with van der Waals surface area (Å²) in [5, 5.41) is 5.45. The van der Waals surface area contributed by atoms with Gasteiger partial charge in [-0.05, 0) is 37.1 Å². The van der Waals surface area contributed by atoms with Gasteiger partial charge in [-0.15, -0.1) is 0 Å². The highest BCUT2D eigenvalue weighted by Crippen LogP contribution is 2.36. The van der Waals surface area contributed by atoms with Crippen LogP contribution in [0.2, 0.25) is 0 Å². The van der Waals surface area contributed by atoms with Gasteiger partial charge >= 0.3 is 6.18 Å². The summed E-state index contributed by atoms with van der Waals surface area (Å²) >= 11 is 0. The number of ether oxygens (including phenoxy) is 1. The van der Waals surface area contributed by atoms with Crippen LogP contribution in [0, 0.1) is 11.6 Å². The lowest BCUT2D eigenvalue weighted by Crippen LogP contribution is -2.32. The van der Waals surface area contributed by atoms with Crippen LogP contribution in [0.1, 0.15) is 32.1 Å². The van der Waals surface area contributed by atoms with Crippen LogP contribution in [-0.2, 0) is 4.79 Å². The van der Waals surface area contributed by atoms with Crippen molar-refractivity contribution in [1.82, 2.24) is 9.97 Å². The van der Waals surface area contributed by atoms with Gasteiger partial charge in [-0.2, -0.15) is 13.2 Å². The fraction of sp³-hybridized carbons (Fsp3) is 0.259. The van der Waals surface area contributed by atoms with E-state index in [0.717, 1.165) is 56.5 Å². The van der Waals surface area contributed by atoms with E-state index in [1.54, 1.807) is 0 Å². The van der Waals surface area contributed by atoms with E-state index in [4.69, 9.17) is 16.2 Å². The summed E-state index contributed by atoms with van der Waals surface area (Å²) in [6.07, 6.45) is 2.75. The van der Waals surface area contributed by atoms with E-state index in [2.05, 4.69) is 25.6 Å². The molecule has 0 bridgehead atoms. The number of carbonyl (C=O) groups is 1. The number of alkyl halides is 3. The van der Waals surface area contributed by atoms with Crippen LogP contribution in [0.5, 0.6) is 11.5 Å². The molecule has 2 aromatic heterocycles. The first-order chi connectivity index (χ1) is 19.6. The fourth-order valence-electron chi connectivity index (χ4n) is 4.22. The number of nitrogens with two attached hydrogens (primary N) is 2. The first-order valence-corrected chi connectivity index (χ1v) is 12.5. The predicted molar refractivity (Wildman–Crippen MR) is 144 cm³/mol. The standard InChI is InChI=1S/C27H26F5N7O2/c28-18-7-4-11-36-25(18)39-23(27(30,31)32)17(14-33)26(40)38-16-8-9-20(19(29)13-16)41-21-10-12-35-24(34)22(21)37-15-5-2-1-3-6-15/h4,7-15,37H,1-3,5-6,33H2,(H2,34,35)(H,38,40). The van der Waals surface area contributed by atoms with Gasteiger partial charge in [-0.25, -0.2) is 23.7 Å². The van der Waals surface area contributed by atoms with Crippen molar-refractivity contribution in [3.63, 3.8) is 0 Å². The predicted octanol–water partition coefficient (Wildman–Crippen LogP) is 5.99. The molecule has 1 aromatic carbocycles. The number of halogens is 5. The van der Waals surface area contributed by atoms with Gasteiger partial charge in [0, 0.05) is 42.5 Å². The lowest BCUT2D eigenvalue weighted by molar-refractivity contribution is -0.113. The van der Waals surface area contributed by atoms with E-state index in [1.165, 1.54) is 24.4 Å². The summed E-state index contributed by atoms with van der Waals surface area (Å²) in [4.78, 5) is 23.4. The van der Waals surface area contributed by atoms with Crippen molar-refractivity contribution < 1.29 is 31.5 Å². The van der Waals surface area contributed by atoms with Crippen molar-refractivity contribution >= 4 is 34.6 Å². The second kappa shape index (κ2) is 12.6. The first kappa shape index (κ1) is 29.2. The van der Waals surface area contributed by atoms with Crippen molar-refractivity contribution in [2.75, 3.05) is 16.4 Å². The average Bonchev–Trinajstić information content (AvgIpc) is 2.93. The minimum absolute atomic E-state index is 0.157. The van der Waals surface area contributed by atoms with Crippen LogP contribution in [0.3, 0.4) is 0 Å². The summed E-state index contributed by atoms with van der Waals surface area (Å²) < 4.78 is 75.9. The highest BCUT2D eigenvalue weighted by atomic mass is 19.4. The lowest BCUT2D eigenvalue weighted by atomic mass is 9.95. The smallest absolute Gasteiger partial charge is 0.434 e. The second-order valence-corrected chi connectivity index (χ2v) is 9.10. The maximum absolute atomic E-state index is 15.0. The number of hydrogen-bond donors (Lipinski definition) is 4. The Hall–Kier alpha value is -4.75. The SMILES string of the molecule is NC=C(C(=O)Nc1ccc(Oc2ccnc(N)c2NC2CCCCC2)c(F)c1)C(=Nc1ncccc1F)C(F)(F)F. The van der Waals surface area contributed by atoms with E-state index >= 15 is 4.39 Å². The molecular weight excluding hydrogens is 549 g/mol. The van der Waals surface area contributed by atoms with Crippen molar-refractivity contribution in [1.29, 1.82) is 0 Å². The number of benzene rings is 1. The summed E-state index contributed by atoms with van der Waals surface area (Å²) in [7, 11) is 0. The molecule has 216 valence electrons. The van der Waals surface area contributed by atoms with Gasteiger partial charge in [0.05, 0.1) is 5.57 Å². The van der Waals surface area contributed by atoms with E-state index in [-0.39, 0.29) is 29.0 Å². The minimum Gasteiger partial charge on any atom is -0.452 e. The molecular formula is C27H26F5N7O2. The fourth-order valence-corrected chi connectivity index (χ4v) is 4.22. The molecule has 6 N–H and O–H groups in total. The van der Waals surface area contributed by atoms with E-state index in [0.29, 0.717) is 11.9 Å². The molecule has 4 rings (SSSR count). The summed E-state index contributed by atoms with van der Waals surface area (Å²) in [6, 6.07) is 6.93. The Morgan fingerprint density at radius 2 is 1.78 bits per heavy atom. The minimum atomic E-state index is -5.20. The number of aromatic nitrogens is 2. The van der Waals surface area contributed by atoms with Gasteiger partial charge in [0.2, 0.25) is 0 Å². The number of rotatable bonds is 8. The third kappa shape index (κ3) is 7.26. The van der Waals surface area contributed by atoms with Gasteiger partial charge in [-0.3, -0.25) is 4.79 Å². The Morgan fingerprint density at radius 1 is 1.02 bits per heavy atom. The van der Waals surface area contributed by atoms with Crippen LogP contribution in [-0.4, -0.2) is 33.8 Å². The maximum Gasteiger partial charge on any atom is 0.434 e. The molecule has 0 radical (unpaired) electrons. The summed E-state index contributed by atoms with van der Waals surface area (Å²) in [5.41, 5.74) is 8.64. The summed E-state index contributed by atoms with van der Waals surface area (Å²) in [6.45, 7) is 0. The van der Waals surface area contributed by atoms with Crippen molar-refractivity contribution in [2.45, 2.75) is 44.3 Å². The highest BCUT2D eigenvalue weighted by molar-refractivity contribution is 6.27. The number of nitrogens with one attached hydrogen (secondary N) is 2. The van der Waals surface area contributed by atoms with Crippen LogP contribution in [0.4, 0.5) is 45.0 Å². The molecule has 1 amide bonds. The van der Waals surface area contributed by atoms with E-state index in [9.17, 15) is 22.4 Å². The van der Waals surface area contributed by atoms with Gasteiger partial charge in [0.25, 0.3) is 5.91 Å². The monoisotopic (exact) mass is 575 g/mol. The normalized spacial score (nSPS) is 15.0. The summed E-state index contributed by atoms with van der Waals surface area (Å²) in [5.74, 6) is -4.18. The molecule has 0 aliphatic heterocycles. The molecule has 1 aliphatic carbocycles. The molecule has 2 heterocycles. The van der Waals surface area contributed by atoms with Crippen molar-refractivity contribution in [3.8, 4) is 11.5 Å². The van der Waals surface area contributed by atoms with Crippen molar-refractivity contribution in [3.05, 3.63) is 72.2 Å². The molecule has 1 saturated carbocycles. The topological polar surface area (TPSA) is 141 Å². The lowest BCUT2D eigenvalue weighted by Gasteiger charge is -2.25. The van der Waals surface area contributed by atoms with Crippen molar-refractivity contribution in [2.24, 2.45) is 10.7 Å². The highest BCUT2D eigenvalue weighted by Gasteiger charge is 2.41. The second-order valence-electron chi connectivity index (χ2n) is 9.10. The zero-order valence-electron chi connectivity index (χ0n) is 21.5. The molecule has 0 unspecified atom stereocenters. The van der Waals surface area contributed by atoms with Crippen LogP contribution >= 0.6 is 0 Å². The van der Waals surface area contributed by atoms with E-state index in [1.807, 2.05) is 0 Å². The Labute approximate surface area is 231 Å². The number of nitrogens with zero attached hydrogens (tertiary/aromatic N) is 3. The molecule has 41 heavy (non-hydrogen) atoms. The van der Waals surface area contributed by atoms with Gasteiger partial charge < -0.3 is 26.8 Å².